The molecule has 2 amide bonds. The van der Waals surface area contributed by atoms with E-state index in [1.165, 1.54) is 19.2 Å². The van der Waals surface area contributed by atoms with Crippen LogP contribution in [-0.2, 0) is 20.1 Å². The summed E-state index contributed by atoms with van der Waals surface area (Å²) in [5, 5.41) is 2.11. The molecule has 1 aliphatic heterocycles. The van der Waals surface area contributed by atoms with E-state index >= 15 is 0 Å². The van der Waals surface area contributed by atoms with Gasteiger partial charge in [0.25, 0.3) is 5.91 Å². The molecule has 1 saturated heterocycles. The highest BCUT2D eigenvalue weighted by Crippen LogP contribution is 2.33. The predicted octanol–water partition coefficient (Wildman–Crippen LogP) is 0.472. The van der Waals surface area contributed by atoms with Crippen molar-refractivity contribution in [3.63, 3.8) is 0 Å². The number of carbonyl (C=O) groups is 2. The van der Waals surface area contributed by atoms with Gasteiger partial charge in [0.15, 0.2) is 17.6 Å². The smallest absolute Gasteiger partial charge is 0.488 e. The molecule has 0 aromatic heterocycles. The van der Waals surface area contributed by atoms with E-state index in [-0.39, 0.29) is 24.3 Å². The topological polar surface area (TPSA) is 108 Å². The number of imide groups is 1. The fourth-order valence-electron chi connectivity index (χ4n) is 1.85. The third-order valence-corrected chi connectivity index (χ3v) is 3.17. The van der Waals surface area contributed by atoms with Crippen molar-refractivity contribution in [2.24, 2.45) is 0 Å². The molecular formula is C12H12FNO7S. The van der Waals surface area contributed by atoms with Gasteiger partial charge in [0.05, 0.1) is 7.11 Å². The van der Waals surface area contributed by atoms with Crippen molar-refractivity contribution < 1.29 is 35.5 Å². The molecule has 22 heavy (non-hydrogen) atoms. The fourth-order valence-corrected chi connectivity index (χ4v) is 2.20. The molecule has 1 aromatic carbocycles. The van der Waals surface area contributed by atoms with Gasteiger partial charge in [-0.05, 0) is 12.1 Å². The Morgan fingerprint density at radius 3 is 2.59 bits per heavy atom. The molecule has 1 fully saturated rings. The number of piperidine rings is 1. The Morgan fingerprint density at radius 1 is 1.27 bits per heavy atom. The van der Waals surface area contributed by atoms with Gasteiger partial charge in [0.1, 0.15) is 5.75 Å². The maximum absolute atomic E-state index is 12.6. The monoisotopic (exact) mass is 333 g/mol. The fraction of sp³-hybridized carbons (Fsp3) is 0.333. The highest BCUT2D eigenvalue weighted by Gasteiger charge is 2.28. The molecule has 1 heterocycles. The summed E-state index contributed by atoms with van der Waals surface area (Å²) in [7, 11) is -3.99. The molecule has 1 aliphatic rings. The van der Waals surface area contributed by atoms with E-state index in [9.17, 15) is 21.9 Å². The predicted molar refractivity (Wildman–Crippen MR) is 70.4 cm³/mol. The molecule has 10 heteroatoms. The van der Waals surface area contributed by atoms with Gasteiger partial charge in [-0.1, -0.05) is 3.89 Å². The minimum atomic E-state index is -5.24. The van der Waals surface area contributed by atoms with Gasteiger partial charge >= 0.3 is 10.5 Å². The molecule has 2 rings (SSSR count). The van der Waals surface area contributed by atoms with Gasteiger partial charge < -0.3 is 13.7 Å². The van der Waals surface area contributed by atoms with E-state index in [1.54, 1.807) is 0 Å². The second-order valence-electron chi connectivity index (χ2n) is 4.35. The zero-order valence-corrected chi connectivity index (χ0v) is 12.2. The summed E-state index contributed by atoms with van der Waals surface area (Å²) in [5.74, 6) is -1.39. The molecular weight excluding hydrogens is 321 g/mol. The Hall–Kier alpha value is -2.36. The number of hydrogen-bond donors (Lipinski definition) is 1. The van der Waals surface area contributed by atoms with Crippen LogP contribution in [0.15, 0.2) is 18.2 Å². The van der Waals surface area contributed by atoms with Crippen molar-refractivity contribution in [2.75, 3.05) is 7.11 Å². The van der Waals surface area contributed by atoms with E-state index in [4.69, 9.17) is 9.47 Å². The molecule has 8 nitrogen and oxygen atoms in total. The number of carbonyl (C=O) groups excluding carboxylic acids is 2. The van der Waals surface area contributed by atoms with Crippen molar-refractivity contribution in [2.45, 2.75) is 18.9 Å². The second kappa shape index (κ2) is 6.18. The summed E-state index contributed by atoms with van der Waals surface area (Å²) in [6.07, 6.45) is -0.621. The number of ether oxygens (including phenoxy) is 2. The number of benzene rings is 1. The van der Waals surface area contributed by atoms with Gasteiger partial charge in [-0.15, -0.1) is 0 Å². The first-order valence-corrected chi connectivity index (χ1v) is 7.42. The van der Waals surface area contributed by atoms with Gasteiger partial charge in [0, 0.05) is 18.9 Å². The summed E-state index contributed by atoms with van der Waals surface area (Å²) in [6, 6.07) is 3.75. The highest BCUT2D eigenvalue weighted by molar-refractivity contribution is 7.81. The number of halogens is 1. The summed E-state index contributed by atoms with van der Waals surface area (Å²) in [6.45, 7) is 0. The molecule has 1 atom stereocenters. The minimum absolute atomic E-state index is 0.0307. The van der Waals surface area contributed by atoms with Crippen LogP contribution in [0.25, 0.3) is 0 Å². The molecule has 0 saturated carbocycles. The van der Waals surface area contributed by atoms with E-state index in [2.05, 4.69) is 9.50 Å². The normalized spacial score (nSPS) is 18.5. The average Bonchev–Trinajstić information content (AvgIpc) is 2.40. The van der Waals surface area contributed by atoms with Gasteiger partial charge in [-0.2, -0.15) is 8.42 Å². The Labute approximate surface area is 125 Å². The Morgan fingerprint density at radius 2 is 2.00 bits per heavy atom. The van der Waals surface area contributed by atoms with Crippen molar-refractivity contribution >= 4 is 22.3 Å². The molecule has 1 N–H and O–H groups in total. The first-order valence-electron chi connectivity index (χ1n) is 6.11. The Bertz CT molecular complexity index is 703. The third kappa shape index (κ3) is 4.07. The molecule has 0 spiro atoms. The number of hydrogen-bond acceptors (Lipinski definition) is 7. The SMILES string of the molecule is COc1ccc(OC2CCC(=O)NC2=O)cc1OS(=O)(=O)F. The van der Waals surface area contributed by atoms with Crippen molar-refractivity contribution in [3.8, 4) is 17.2 Å². The third-order valence-electron chi connectivity index (χ3n) is 2.79. The number of nitrogens with one attached hydrogen (secondary N) is 1. The lowest BCUT2D eigenvalue weighted by Gasteiger charge is -2.22. The van der Waals surface area contributed by atoms with E-state index in [0.717, 1.165) is 6.07 Å². The molecule has 120 valence electrons. The number of amides is 2. The van der Waals surface area contributed by atoms with Crippen LogP contribution in [0, 0.1) is 0 Å². The second-order valence-corrected chi connectivity index (χ2v) is 5.30. The number of rotatable bonds is 5. The number of methoxy groups -OCH3 is 1. The molecule has 0 aliphatic carbocycles. The summed E-state index contributed by atoms with van der Waals surface area (Å²) in [5.41, 5.74) is 0. The van der Waals surface area contributed by atoms with Crippen LogP contribution in [-0.4, -0.2) is 33.4 Å². The van der Waals surface area contributed by atoms with Crippen LogP contribution in [0.3, 0.4) is 0 Å². The maximum Gasteiger partial charge on any atom is 0.488 e. The maximum atomic E-state index is 12.6. The zero-order valence-electron chi connectivity index (χ0n) is 11.4. The first-order chi connectivity index (χ1) is 10.3. The lowest BCUT2D eigenvalue weighted by molar-refractivity contribution is -0.138. The van der Waals surface area contributed by atoms with Gasteiger partial charge in [-0.3, -0.25) is 14.9 Å². The highest BCUT2D eigenvalue weighted by atomic mass is 32.3. The summed E-state index contributed by atoms with van der Waals surface area (Å²) >= 11 is 0. The Balaban J connectivity index is 2.20. The van der Waals surface area contributed by atoms with E-state index in [0.29, 0.717) is 0 Å². The lowest BCUT2D eigenvalue weighted by atomic mass is 10.1. The van der Waals surface area contributed by atoms with Crippen molar-refractivity contribution in [3.05, 3.63) is 18.2 Å². The van der Waals surface area contributed by atoms with Crippen LogP contribution < -0.4 is 19.0 Å². The molecule has 1 aromatic rings. The Kier molecular flexibility index (Phi) is 4.50. The van der Waals surface area contributed by atoms with E-state index < -0.39 is 34.2 Å². The van der Waals surface area contributed by atoms with Crippen LogP contribution in [0.4, 0.5) is 3.89 Å². The largest absolute Gasteiger partial charge is 0.493 e. The lowest BCUT2D eigenvalue weighted by Crippen LogP contribution is -2.46. The van der Waals surface area contributed by atoms with Crippen LogP contribution in [0.5, 0.6) is 17.2 Å². The van der Waals surface area contributed by atoms with Gasteiger partial charge in [0.2, 0.25) is 5.91 Å². The van der Waals surface area contributed by atoms with Crippen molar-refractivity contribution in [1.82, 2.24) is 5.32 Å². The molecule has 0 radical (unpaired) electrons. The molecule has 0 bridgehead atoms. The average molecular weight is 333 g/mol. The minimum Gasteiger partial charge on any atom is -0.493 e. The van der Waals surface area contributed by atoms with Crippen LogP contribution in [0.1, 0.15) is 12.8 Å². The van der Waals surface area contributed by atoms with Crippen molar-refractivity contribution in [1.29, 1.82) is 0 Å². The van der Waals surface area contributed by atoms with Gasteiger partial charge in [-0.25, -0.2) is 0 Å². The zero-order chi connectivity index (χ0) is 16.3. The van der Waals surface area contributed by atoms with Crippen LogP contribution >= 0.6 is 0 Å². The standard InChI is InChI=1S/C12H12FNO7S/c1-19-8-3-2-7(6-10(8)21-22(13,17)18)20-9-4-5-11(15)14-12(9)16/h2-3,6,9H,4-5H2,1H3,(H,14,15,16). The summed E-state index contributed by atoms with van der Waals surface area (Å²) in [4.78, 5) is 22.6. The quantitative estimate of drug-likeness (QED) is 0.616. The molecule has 1 unspecified atom stereocenters. The summed E-state index contributed by atoms with van der Waals surface area (Å²) < 4.78 is 48.1. The van der Waals surface area contributed by atoms with E-state index in [1.807, 2.05) is 0 Å². The first kappa shape index (κ1) is 16.0. The van der Waals surface area contributed by atoms with Crippen LogP contribution in [0.2, 0.25) is 0 Å².